The third-order valence-corrected chi connectivity index (χ3v) is 4.57. The normalized spacial score (nSPS) is 11.6. The standard InChI is InChI=1S/C18H13N5OS/c1-23-15-5-3-2-4-14(15)22-18(23)13(10-20)16(24)11-25-17-8-12(9-19)6-7-21-17/h2-8,24H,11H2,1H3/b16-13+. The lowest BCUT2D eigenvalue weighted by Gasteiger charge is -2.05. The zero-order valence-corrected chi connectivity index (χ0v) is 14.2. The first-order chi connectivity index (χ1) is 12.1. The van der Waals surface area contributed by atoms with Crippen molar-refractivity contribution in [3.63, 3.8) is 0 Å². The summed E-state index contributed by atoms with van der Waals surface area (Å²) < 4.78 is 1.78. The minimum absolute atomic E-state index is 0.0740. The van der Waals surface area contributed by atoms with Gasteiger partial charge in [-0.2, -0.15) is 10.5 Å². The second-order valence-electron chi connectivity index (χ2n) is 5.20. The van der Waals surface area contributed by atoms with Gasteiger partial charge < -0.3 is 9.67 Å². The van der Waals surface area contributed by atoms with Crippen molar-refractivity contribution in [2.75, 3.05) is 5.75 Å². The van der Waals surface area contributed by atoms with E-state index in [4.69, 9.17) is 5.26 Å². The van der Waals surface area contributed by atoms with Crippen LogP contribution in [-0.4, -0.2) is 25.4 Å². The van der Waals surface area contributed by atoms with Crippen LogP contribution in [0.25, 0.3) is 16.6 Å². The largest absolute Gasteiger partial charge is 0.510 e. The molecule has 0 saturated heterocycles. The quantitative estimate of drug-likeness (QED) is 0.441. The summed E-state index contributed by atoms with van der Waals surface area (Å²) >= 11 is 1.25. The summed E-state index contributed by atoms with van der Waals surface area (Å²) in [5.41, 5.74) is 2.27. The fourth-order valence-corrected chi connectivity index (χ4v) is 3.16. The number of aromatic nitrogens is 3. The molecule has 0 saturated carbocycles. The molecule has 25 heavy (non-hydrogen) atoms. The second-order valence-corrected chi connectivity index (χ2v) is 6.20. The highest BCUT2D eigenvalue weighted by Crippen LogP contribution is 2.25. The van der Waals surface area contributed by atoms with Crippen LogP contribution in [0.15, 0.2) is 53.4 Å². The lowest BCUT2D eigenvalue weighted by Crippen LogP contribution is -2.01. The monoisotopic (exact) mass is 347 g/mol. The SMILES string of the molecule is Cn1c(/C(C#N)=C(/O)CSc2cc(C#N)ccn2)nc2ccccc21. The molecule has 3 rings (SSSR count). The van der Waals surface area contributed by atoms with Gasteiger partial charge in [0.15, 0.2) is 5.82 Å². The van der Waals surface area contributed by atoms with E-state index < -0.39 is 0 Å². The van der Waals surface area contributed by atoms with Crippen LogP contribution in [0.2, 0.25) is 0 Å². The van der Waals surface area contributed by atoms with Gasteiger partial charge >= 0.3 is 0 Å². The van der Waals surface area contributed by atoms with Crippen molar-refractivity contribution >= 4 is 28.4 Å². The minimum Gasteiger partial charge on any atom is -0.510 e. The number of aliphatic hydroxyl groups excluding tert-OH is 1. The average molecular weight is 347 g/mol. The van der Waals surface area contributed by atoms with Crippen LogP contribution < -0.4 is 0 Å². The lowest BCUT2D eigenvalue weighted by molar-refractivity contribution is 0.420. The molecule has 122 valence electrons. The van der Waals surface area contributed by atoms with E-state index >= 15 is 0 Å². The molecule has 0 aliphatic carbocycles. The number of rotatable bonds is 4. The highest BCUT2D eigenvalue weighted by atomic mass is 32.2. The molecule has 0 atom stereocenters. The molecule has 0 bridgehead atoms. The van der Waals surface area contributed by atoms with Gasteiger partial charge in [-0.1, -0.05) is 23.9 Å². The molecule has 2 heterocycles. The van der Waals surface area contributed by atoms with Gasteiger partial charge in [-0.15, -0.1) is 0 Å². The van der Waals surface area contributed by atoms with E-state index in [9.17, 15) is 10.4 Å². The van der Waals surface area contributed by atoms with Gasteiger partial charge in [0, 0.05) is 13.2 Å². The van der Waals surface area contributed by atoms with Crippen molar-refractivity contribution in [2.45, 2.75) is 5.03 Å². The Kier molecular flexibility index (Phi) is 4.69. The molecule has 0 unspecified atom stereocenters. The predicted molar refractivity (Wildman–Crippen MR) is 95.6 cm³/mol. The molecule has 1 N–H and O–H groups in total. The number of thioether (sulfide) groups is 1. The molecule has 3 aromatic rings. The van der Waals surface area contributed by atoms with Crippen LogP contribution in [0.4, 0.5) is 0 Å². The highest BCUT2D eigenvalue weighted by Gasteiger charge is 2.16. The van der Waals surface area contributed by atoms with Crippen molar-refractivity contribution in [1.29, 1.82) is 10.5 Å². The Morgan fingerprint density at radius 1 is 1.28 bits per heavy atom. The Bertz CT molecular complexity index is 1060. The van der Waals surface area contributed by atoms with Crippen molar-refractivity contribution in [3.05, 3.63) is 59.7 Å². The number of allylic oxidation sites excluding steroid dienone is 1. The van der Waals surface area contributed by atoms with Gasteiger partial charge in [0.05, 0.1) is 33.4 Å². The number of hydrogen-bond acceptors (Lipinski definition) is 6. The first-order valence-corrected chi connectivity index (χ1v) is 8.35. The lowest BCUT2D eigenvalue weighted by atomic mass is 10.2. The first kappa shape index (κ1) is 16.6. The van der Waals surface area contributed by atoms with Crippen LogP contribution in [0.1, 0.15) is 11.4 Å². The number of pyridine rings is 1. The maximum atomic E-state index is 10.4. The number of hydrogen-bond donors (Lipinski definition) is 1. The predicted octanol–water partition coefficient (Wildman–Crippen LogP) is 3.42. The van der Waals surface area contributed by atoms with Gasteiger partial charge in [-0.25, -0.2) is 9.97 Å². The number of para-hydroxylation sites is 2. The fraction of sp³-hybridized carbons (Fsp3) is 0.111. The number of fused-ring (bicyclic) bond motifs is 1. The summed E-state index contributed by atoms with van der Waals surface area (Å²) in [6, 6.07) is 14.9. The maximum Gasteiger partial charge on any atom is 0.155 e. The van der Waals surface area contributed by atoms with Crippen LogP contribution in [0.5, 0.6) is 0 Å². The van der Waals surface area contributed by atoms with Crippen molar-refractivity contribution in [1.82, 2.24) is 14.5 Å². The number of nitrogens with zero attached hydrogens (tertiary/aromatic N) is 5. The van der Waals surface area contributed by atoms with Crippen molar-refractivity contribution < 1.29 is 5.11 Å². The molecule has 1 aromatic carbocycles. The molecule has 7 heteroatoms. The van der Waals surface area contributed by atoms with Gasteiger partial charge in [-0.3, -0.25) is 0 Å². The molecule has 0 radical (unpaired) electrons. The van der Waals surface area contributed by atoms with E-state index in [1.165, 1.54) is 11.8 Å². The van der Waals surface area contributed by atoms with E-state index in [-0.39, 0.29) is 17.1 Å². The van der Waals surface area contributed by atoms with E-state index in [0.29, 0.717) is 16.4 Å². The number of imidazole rings is 1. The first-order valence-electron chi connectivity index (χ1n) is 7.37. The zero-order chi connectivity index (χ0) is 17.8. The van der Waals surface area contributed by atoms with Gasteiger partial charge in [0.1, 0.15) is 17.4 Å². The summed E-state index contributed by atoms with van der Waals surface area (Å²) in [6.45, 7) is 0. The van der Waals surface area contributed by atoms with E-state index in [0.717, 1.165) is 11.0 Å². The number of benzene rings is 1. The second kappa shape index (κ2) is 7.08. The zero-order valence-electron chi connectivity index (χ0n) is 13.3. The van der Waals surface area contributed by atoms with E-state index in [1.807, 2.05) is 36.4 Å². The number of nitriles is 2. The van der Waals surface area contributed by atoms with Crippen LogP contribution in [-0.2, 0) is 7.05 Å². The van der Waals surface area contributed by atoms with Gasteiger partial charge in [0.2, 0.25) is 0 Å². The average Bonchev–Trinajstić information content (AvgIpc) is 2.98. The van der Waals surface area contributed by atoms with E-state index in [1.54, 1.807) is 29.9 Å². The van der Waals surface area contributed by atoms with Crippen LogP contribution >= 0.6 is 11.8 Å². The maximum absolute atomic E-state index is 10.4. The topological polar surface area (TPSA) is 98.5 Å². The van der Waals surface area contributed by atoms with Gasteiger partial charge in [0.25, 0.3) is 0 Å². The third kappa shape index (κ3) is 3.32. The van der Waals surface area contributed by atoms with Gasteiger partial charge in [-0.05, 0) is 24.3 Å². The molecule has 0 fully saturated rings. The summed E-state index contributed by atoms with van der Waals surface area (Å²) in [7, 11) is 1.81. The van der Waals surface area contributed by atoms with Crippen LogP contribution in [0.3, 0.4) is 0 Å². The smallest absolute Gasteiger partial charge is 0.155 e. The highest BCUT2D eigenvalue weighted by molar-refractivity contribution is 7.99. The number of aryl methyl sites for hydroxylation is 1. The summed E-state index contributed by atoms with van der Waals surface area (Å²) in [5, 5.41) is 29.4. The van der Waals surface area contributed by atoms with Crippen molar-refractivity contribution in [3.8, 4) is 12.1 Å². The Morgan fingerprint density at radius 3 is 2.80 bits per heavy atom. The van der Waals surface area contributed by atoms with Crippen LogP contribution in [0, 0.1) is 22.7 Å². The molecule has 0 spiro atoms. The molecule has 0 amide bonds. The van der Waals surface area contributed by atoms with E-state index in [2.05, 4.69) is 9.97 Å². The summed E-state index contributed by atoms with van der Waals surface area (Å²) in [6.07, 6.45) is 1.54. The fourth-order valence-electron chi connectivity index (χ4n) is 2.39. The number of aliphatic hydroxyl groups is 1. The Balaban J connectivity index is 1.91. The third-order valence-electron chi connectivity index (χ3n) is 3.63. The molecule has 0 aliphatic rings. The molecule has 0 aliphatic heterocycles. The Hall–Kier alpha value is -3.29. The molecular weight excluding hydrogens is 334 g/mol. The Morgan fingerprint density at radius 2 is 2.08 bits per heavy atom. The molecule has 6 nitrogen and oxygen atoms in total. The minimum atomic E-state index is -0.0740. The van der Waals surface area contributed by atoms with Crippen molar-refractivity contribution in [2.24, 2.45) is 7.05 Å². The summed E-state index contributed by atoms with van der Waals surface area (Å²) in [5.74, 6) is 0.504. The Labute approximate surface area is 148 Å². The summed E-state index contributed by atoms with van der Waals surface area (Å²) in [4.78, 5) is 8.59. The molecule has 2 aromatic heterocycles. The molecular formula is C18H13N5OS.